The lowest BCUT2D eigenvalue weighted by atomic mass is 9.97. The summed E-state index contributed by atoms with van der Waals surface area (Å²) in [6, 6.07) is 7.75. The zero-order valence-electron chi connectivity index (χ0n) is 13.0. The van der Waals surface area contributed by atoms with Gasteiger partial charge in [0.1, 0.15) is 5.75 Å². The highest BCUT2D eigenvalue weighted by Gasteiger charge is 2.27. The Morgan fingerprint density at radius 1 is 1.32 bits per heavy atom. The molecule has 1 saturated heterocycles. The molecule has 0 bridgehead atoms. The molecule has 0 spiro atoms. The summed E-state index contributed by atoms with van der Waals surface area (Å²) < 4.78 is 5.39. The number of hydrogen-bond acceptors (Lipinski definition) is 3. The Kier molecular flexibility index (Phi) is 5.81. The fourth-order valence-corrected chi connectivity index (χ4v) is 2.73. The van der Waals surface area contributed by atoms with Gasteiger partial charge in [0, 0.05) is 19.5 Å². The predicted molar refractivity (Wildman–Crippen MR) is 82.9 cm³/mol. The number of likely N-dealkylation sites (tertiary alicyclic amines) is 1. The number of carbonyl (C=O) groups excluding carboxylic acids is 1. The van der Waals surface area contributed by atoms with Gasteiger partial charge in [-0.25, -0.2) is 0 Å². The third-order valence-electron chi connectivity index (χ3n) is 3.99. The molecule has 120 valence electrons. The molecule has 0 saturated carbocycles. The van der Waals surface area contributed by atoms with Crippen LogP contribution in [0, 0.1) is 5.92 Å². The smallest absolute Gasteiger partial charge is 0.308 e. The summed E-state index contributed by atoms with van der Waals surface area (Å²) in [4.78, 5) is 24.9. The minimum Gasteiger partial charge on any atom is -0.494 e. The Labute approximate surface area is 130 Å². The maximum absolute atomic E-state index is 12.2. The summed E-state index contributed by atoms with van der Waals surface area (Å²) in [6.45, 7) is 3.59. The van der Waals surface area contributed by atoms with Crippen molar-refractivity contribution in [1.82, 2.24) is 4.90 Å². The molecule has 1 atom stereocenters. The topological polar surface area (TPSA) is 66.8 Å². The van der Waals surface area contributed by atoms with Gasteiger partial charge in [0.25, 0.3) is 0 Å². The lowest BCUT2D eigenvalue weighted by Gasteiger charge is -2.30. The van der Waals surface area contributed by atoms with Gasteiger partial charge in [0.2, 0.25) is 5.91 Å². The molecule has 0 aromatic heterocycles. The number of piperidine rings is 1. The van der Waals surface area contributed by atoms with E-state index >= 15 is 0 Å². The number of carboxylic acid groups (broad SMARTS) is 1. The van der Waals surface area contributed by atoms with Crippen LogP contribution in [0.2, 0.25) is 0 Å². The molecule has 1 aliphatic rings. The van der Waals surface area contributed by atoms with E-state index in [1.165, 1.54) is 0 Å². The van der Waals surface area contributed by atoms with Crippen LogP contribution in [0.4, 0.5) is 0 Å². The number of aliphatic carboxylic acids is 1. The highest BCUT2D eigenvalue weighted by molar-refractivity contribution is 5.78. The number of hydrogen-bond donors (Lipinski definition) is 1. The van der Waals surface area contributed by atoms with Crippen molar-refractivity contribution in [1.29, 1.82) is 0 Å². The van der Waals surface area contributed by atoms with E-state index in [4.69, 9.17) is 9.84 Å². The molecule has 1 aliphatic heterocycles. The average molecular weight is 305 g/mol. The van der Waals surface area contributed by atoms with Crippen LogP contribution < -0.4 is 4.74 Å². The van der Waals surface area contributed by atoms with Crippen molar-refractivity contribution >= 4 is 11.9 Å². The molecule has 0 radical (unpaired) electrons. The van der Waals surface area contributed by atoms with Crippen molar-refractivity contribution in [2.45, 2.75) is 32.6 Å². The molecule has 1 aromatic carbocycles. The maximum Gasteiger partial charge on any atom is 0.308 e. The third-order valence-corrected chi connectivity index (χ3v) is 3.99. The van der Waals surface area contributed by atoms with Crippen LogP contribution in [0.5, 0.6) is 5.75 Å². The van der Waals surface area contributed by atoms with Crippen LogP contribution in [0.1, 0.15) is 31.7 Å². The van der Waals surface area contributed by atoms with Gasteiger partial charge in [0.05, 0.1) is 12.5 Å². The maximum atomic E-state index is 12.2. The van der Waals surface area contributed by atoms with Crippen molar-refractivity contribution in [3.8, 4) is 5.75 Å². The van der Waals surface area contributed by atoms with Gasteiger partial charge in [-0.15, -0.1) is 0 Å². The SMILES string of the molecule is CCOc1ccc(CCC(=O)N2CCCC(C(=O)O)C2)cc1. The minimum atomic E-state index is -0.802. The molecule has 5 nitrogen and oxygen atoms in total. The fraction of sp³-hybridized carbons (Fsp3) is 0.529. The van der Waals surface area contributed by atoms with Crippen LogP contribution in [0.3, 0.4) is 0 Å². The largest absolute Gasteiger partial charge is 0.494 e. The Hall–Kier alpha value is -2.04. The molecule has 1 aromatic rings. The van der Waals surface area contributed by atoms with Crippen molar-refractivity contribution < 1.29 is 19.4 Å². The lowest BCUT2D eigenvalue weighted by molar-refractivity contribution is -0.145. The van der Waals surface area contributed by atoms with Crippen molar-refractivity contribution in [2.75, 3.05) is 19.7 Å². The third kappa shape index (κ3) is 4.48. The highest BCUT2D eigenvalue weighted by atomic mass is 16.5. The molecule has 0 aliphatic carbocycles. The first-order valence-electron chi connectivity index (χ1n) is 7.82. The molecule has 5 heteroatoms. The first-order chi connectivity index (χ1) is 10.6. The van der Waals surface area contributed by atoms with E-state index in [9.17, 15) is 9.59 Å². The average Bonchev–Trinajstić information content (AvgIpc) is 2.54. The Morgan fingerprint density at radius 2 is 2.05 bits per heavy atom. The van der Waals surface area contributed by atoms with Gasteiger partial charge in [-0.2, -0.15) is 0 Å². The van der Waals surface area contributed by atoms with Crippen LogP contribution in [-0.2, 0) is 16.0 Å². The van der Waals surface area contributed by atoms with E-state index in [1.807, 2.05) is 31.2 Å². The summed E-state index contributed by atoms with van der Waals surface area (Å²) in [7, 11) is 0. The second-order valence-electron chi connectivity index (χ2n) is 5.59. The number of benzene rings is 1. The van der Waals surface area contributed by atoms with E-state index in [1.54, 1.807) is 4.90 Å². The molecular formula is C17H23NO4. The Morgan fingerprint density at radius 3 is 2.68 bits per heavy atom. The van der Waals surface area contributed by atoms with Crippen LogP contribution >= 0.6 is 0 Å². The Bertz CT molecular complexity index is 512. The van der Waals surface area contributed by atoms with E-state index < -0.39 is 11.9 Å². The molecule has 22 heavy (non-hydrogen) atoms. The van der Waals surface area contributed by atoms with Crippen LogP contribution in [-0.4, -0.2) is 41.6 Å². The standard InChI is InChI=1S/C17H23NO4/c1-2-22-15-8-5-13(6-9-15)7-10-16(19)18-11-3-4-14(12-18)17(20)21/h5-6,8-9,14H,2-4,7,10-12H2,1H3,(H,20,21). The number of nitrogens with zero attached hydrogens (tertiary/aromatic N) is 1. The highest BCUT2D eigenvalue weighted by Crippen LogP contribution is 2.18. The molecular weight excluding hydrogens is 282 g/mol. The second kappa shape index (κ2) is 7.82. The van der Waals surface area contributed by atoms with Crippen molar-refractivity contribution in [3.63, 3.8) is 0 Å². The summed E-state index contributed by atoms with van der Waals surface area (Å²) >= 11 is 0. The first-order valence-corrected chi connectivity index (χ1v) is 7.82. The van der Waals surface area contributed by atoms with E-state index in [-0.39, 0.29) is 5.91 Å². The number of aryl methyl sites for hydroxylation is 1. The van der Waals surface area contributed by atoms with Gasteiger partial charge >= 0.3 is 5.97 Å². The molecule has 1 N–H and O–H groups in total. The van der Waals surface area contributed by atoms with Crippen LogP contribution in [0.25, 0.3) is 0 Å². The zero-order chi connectivity index (χ0) is 15.9. The molecule has 1 fully saturated rings. The second-order valence-corrected chi connectivity index (χ2v) is 5.59. The number of carbonyl (C=O) groups is 2. The Balaban J connectivity index is 1.83. The molecule has 1 heterocycles. The van der Waals surface area contributed by atoms with E-state index in [2.05, 4.69) is 0 Å². The van der Waals surface area contributed by atoms with Crippen LogP contribution in [0.15, 0.2) is 24.3 Å². The van der Waals surface area contributed by atoms with Gasteiger partial charge < -0.3 is 14.7 Å². The first kappa shape index (κ1) is 16.3. The number of rotatable bonds is 6. The van der Waals surface area contributed by atoms with Crippen molar-refractivity contribution in [2.24, 2.45) is 5.92 Å². The summed E-state index contributed by atoms with van der Waals surface area (Å²) in [5.74, 6) is -0.343. The lowest BCUT2D eigenvalue weighted by Crippen LogP contribution is -2.42. The fourth-order valence-electron chi connectivity index (χ4n) is 2.73. The van der Waals surface area contributed by atoms with E-state index in [0.29, 0.717) is 39.0 Å². The molecule has 1 amide bonds. The minimum absolute atomic E-state index is 0.0415. The number of carboxylic acids is 1. The van der Waals surface area contributed by atoms with E-state index in [0.717, 1.165) is 17.7 Å². The number of ether oxygens (including phenoxy) is 1. The van der Waals surface area contributed by atoms with Gasteiger partial charge in [-0.3, -0.25) is 9.59 Å². The zero-order valence-corrected chi connectivity index (χ0v) is 13.0. The molecule has 1 unspecified atom stereocenters. The number of amides is 1. The van der Waals surface area contributed by atoms with Crippen molar-refractivity contribution in [3.05, 3.63) is 29.8 Å². The summed E-state index contributed by atoms with van der Waals surface area (Å²) in [5.41, 5.74) is 1.09. The normalized spacial score (nSPS) is 18.0. The molecule has 2 rings (SSSR count). The summed E-state index contributed by atoms with van der Waals surface area (Å²) in [5, 5.41) is 9.07. The van der Waals surface area contributed by atoms with Gasteiger partial charge in [0.15, 0.2) is 0 Å². The van der Waals surface area contributed by atoms with Gasteiger partial charge in [-0.1, -0.05) is 12.1 Å². The monoisotopic (exact) mass is 305 g/mol. The quantitative estimate of drug-likeness (QED) is 0.876. The predicted octanol–water partition coefficient (Wildman–Crippen LogP) is 2.34. The van der Waals surface area contributed by atoms with Gasteiger partial charge in [-0.05, 0) is 43.9 Å². The summed E-state index contributed by atoms with van der Waals surface area (Å²) in [6.07, 6.45) is 2.52.